The summed E-state index contributed by atoms with van der Waals surface area (Å²) in [5, 5.41) is 3.95. The second-order valence-electron chi connectivity index (χ2n) is 2.53. The van der Waals surface area contributed by atoms with Crippen LogP contribution in [-0.2, 0) is 4.84 Å². The summed E-state index contributed by atoms with van der Waals surface area (Å²) in [6.45, 7) is 0.742. The van der Waals surface area contributed by atoms with Gasteiger partial charge in [0.15, 0.2) is 7.85 Å². The third-order valence-corrected chi connectivity index (χ3v) is 2.68. The summed E-state index contributed by atoms with van der Waals surface area (Å²) in [6, 6.07) is 4.22. The van der Waals surface area contributed by atoms with Crippen LogP contribution in [0.5, 0.6) is 0 Å². The predicted molar refractivity (Wildman–Crippen MR) is 49.6 cm³/mol. The van der Waals surface area contributed by atoms with Crippen LogP contribution in [0, 0.1) is 0 Å². The van der Waals surface area contributed by atoms with Crippen LogP contribution in [0.3, 0.4) is 0 Å². The maximum absolute atomic E-state index is 4.92. The van der Waals surface area contributed by atoms with E-state index < -0.39 is 0 Å². The van der Waals surface area contributed by atoms with Crippen LogP contribution in [0.15, 0.2) is 17.3 Å². The predicted octanol–water partition coefficient (Wildman–Crippen LogP) is 0.131. The van der Waals surface area contributed by atoms with Gasteiger partial charge in [0.05, 0.1) is 4.88 Å². The van der Waals surface area contributed by atoms with E-state index in [1.807, 2.05) is 0 Å². The van der Waals surface area contributed by atoms with Crippen molar-refractivity contribution in [3.05, 3.63) is 17.0 Å². The van der Waals surface area contributed by atoms with Gasteiger partial charge in [0.1, 0.15) is 12.3 Å². The summed E-state index contributed by atoms with van der Waals surface area (Å²) < 4.78 is 1.33. The lowest BCUT2D eigenvalue weighted by molar-refractivity contribution is 0.174. The average molecular weight is 165 g/mol. The van der Waals surface area contributed by atoms with Crippen molar-refractivity contribution in [3.8, 4) is 0 Å². The standard InChI is InChI=1S/C7H8BNOS/c8-7-2-1-6(11-7)5-3-4-10-9-5/h1-2H,3-4,8H2. The molecule has 0 saturated carbocycles. The highest BCUT2D eigenvalue weighted by Crippen LogP contribution is 2.13. The van der Waals surface area contributed by atoms with Gasteiger partial charge in [-0.15, -0.1) is 11.3 Å². The van der Waals surface area contributed by atoms with Crippen LogP contribution in [0.1, 0.15) is 11.3 Å². The molecule has 0 N–H and O–H groups in total. The van der Waals surface area contributed by atoms with Gasteiger partial charge in [0.25, 0.3) is 0 Å². The molecule has 1 aromatic rings. The number of hydrogen-bond donors (Lipinski definition) is 0. The van der Waals surface area contributed by atoms with Crippen molar-refractivity contribution < 1.29 is 4.84 Å². The van der Waals surface area contributed by atoms with Crippen molar-refractivity contribution in [2.45, 2.75) is 6.42 Å². The van der Waals surface area contributed by atoms with Gasteiger partial charge in [-0.25, -0.2) is 0 Å². The summed E-state index contributed by atoms with van der Waals surface area (Å²) >= 11 is 1.77. The molecule has 1 aromatic heterocycles. The third kappa shape index (κ3) is 1.31. The van der Waals surface area contributed by atoms with E-state index >= 15 is 0 Å². The fraction of sp³-hybridized carbons (Fsp3) is 0.286. The minimum atomic E-state index is 0.742. The lowest BCUT2D eigenvalue weighted by Crippen LogP contribution is -1.94. The van der Waals surface area contributed by atoms with E-state index in [1.165, 1.54) is 9.65 Å². The Kier molecular flexibility index (Phi) is 1.70. The topological polar surface area (TPSA) is 21.6 Å². The zero-order valence-corrected chi connectivity index (χ0v) is 7.15. The zero-order valence-electron chi connectivity index (χ0n) is 6.33. The Hall–Kier alpha value is -0.765. The number of thiophene rings is 1. The molecule has 0 unspecified atom stereocenters. The van der Waals surface area contributed by atoms with Crippen molar-refractivity contribution in [1.82, 2.24) is 0 Å². The molecule has 11 heavy (non-hydrogen) atoms. The second kappa shape index (κ2) is 2.70. The minimum Gasteiger partial charge on any atom is -0.395 e. The molecule has 0 atom stereocenters. The molecule has 2 nitrogen and oxygen atoms in total. The molecule has 1 aliphatic heterocycles. The van der Waals surface area contributed by atoms with E-state index in [2.05, 4.69) is 25.1 Å². The Labute approximate surface area is 70.3 Å². The van der Waals surface area contributed by atoms with Crippen LogP contribution < -0.4 is 4.78 Å². The van der Waals surface area contributed by atoms with Crippen molar-refractivity contribution in [1.29, 1.82) is 0 Å². The van der Waals surface area contributed by atoms with Gasteiger partial charge in [-0.3, -0.25) is 0 Å². The summed E-state index contributed by atoms with van der Waals surface area (Å²) in [5.74, 6) is 0. The molecule has 0 fully saturated rings. The SMILES string of the molecule is Bc1ccc(C2=NOCC2)s1. The van der Waals surface area contributed by atoms with Crippen molar-refractivity contribution in [2.24, 2.45) is 5.16 Å². The van der Waals surface area contributed by atoms with Gasteiger partial charge in [-0.2, -0.15) is 0 Å². The third-order valence-electron chi connectivity index (χ3n) is 1.63. The average Bonchev–Trinajstić information content (AvgIpc) is 2.55. The molecular formula is C7H8BNOS. The lowest BCUT2D eigenvalue weighted by Gasteiger charge is -1.88. The first-order valence-corrected chi connectivity index (χ1v) is 4.43. The highest BCUT2D eigenvalue weighted by atomic mass is 32.1. The van der Waals surface area contributed by atoms with Crippen LogP contribution >= 0.6 is 11.3 Å². The molecule has 1 aliphatic rings. The van der Waals surface area contributed by atoms with Crippen LogP contribution in [0.2, 0.25) is 0 Å². The van der Waals surface area contributed by atoms with Crippen LogP contribution in [0.4, 0.5) is 0 Å². The fourth-order valence-corrected chi connectivity index (χ4v) is 1.95. The fourth-order valence-electron chi connectivity index (χ4n) is 1.07. The molecule has 0 radical (unpaired) electrons. The molecule has 2 heterocycles. The van der Waals surface area contributed by atoms with E-state index in [9.17, 15) is 0 Å². The number of rotatable bonds is 1. The van der Waals surface area contributed by atoms with E-state index in [-0.39, 0.29) is 0 Å². The van der Waals surface area contributed by atoms with Gasteiger partial charge >= 0.3 is 0 Å². The first-order chi connectivity index (χ1) is 5.36. The molecule has 0 aliphatic carbocycles. The molecule has 56 valence electrons. The molecule has 0 spiro atoms. The Morgan fingerprint density at radius 2 is 2.45 bits per heavy atom. The first kappa shape index (κ1) is 6.92. The minimum absolute atomic E-state index is 0.742. The van der Waals surface area contributed by atoms with Crippen molar-refractivity contribution in [2.75, 3.05) is 6.61 Å². The number of nitrogens with zero attached hydrogens (tertiary/aromatic N) is 1. The number of oxime groups is 1. The molecule has 0 amide bonds. The molecule has 0 aromatic carbocycles. The van der Waals surface area contributed by atoms with Gasteiger partial charge in [0.2, 0.25) is 0 Å². The Balaban J connectivity index is 2.28. The van der Waals surface area contributed by atoms with Crippen LogP contribution in [-0.4, -0.2) is 20.2 Å². The van der Waals surface area contributed by atoms with E-state index in [0.717, 1.165) is 18.7 Å². The van der Waals surface area contributed by atoms with E-state index in [4.69, 9.17) is 4.84 Å². The van der Waals surface area contributed by atoms with Gasteiger partial charge in [-0.1, -0.05) is 11.2 Å². The van der Waals surface area contributed by atoms with Gasteiger partial charge < -0.3 is 4.84 Å². The van der Waals surface area contributed by atoms with Crippen LogP contribution in [0.25, 0.3) is 0 Å². The zero-order chi connectivity index (χ0) is 7.68. The molecule has 4 heteroatoms. The van der Waals surface area contributed by atoms with E-state index in [1.54, 1.807) is 11.3 Å². The van der Waals surface area contributed by atoms with Gasteiger partial charge in [-0.05, 0) is 10.8 Å². The van der Waals surface area contributed by atoms with E-state index in [0.29, 0.717) is 0 Å². The normalized spacial score (nSPS) is 16.2. The molecule has 0 bridgehead atoms. The Morgan fingerprint density at radius 3 is 3.00 bits per heavy atom. The first-order valence-electron chi connectivity index (χ1n) is 3.62. The largest absolute Gasteiger partial charge is 0.395 e. The summed E-state index contributed by atoms with van der Waals surface area (Å²) in [7, 11) is 2.10. The van der Waals surface area contributed by atoms with Crippen molar-refractivity contribution in [3.63, 3.8) is 0 Å². The highest BCUT2D eigenvalue weighted by Gasteiger charge is 2.11. The summed E-state index contributed by atoms with van der Waals surface area (Å²) in [6.07, 6.45) is 0.958. The maximum atomic E-state index is 4.92. The van der Waals surface area contributed by atoms with Gasteiger partial charge in [0, 0.05) is 6.42 Å². The summed E-state index contributed by atoms with van der Waals surface area (Å²) in [5.41, 5.74) is 1.10. The van der Waals surface area contributed by atoms with Crippen molar-refractivity contribution >= 4 is 29.7 Å². The Bertz CT molecular complexity index is 294. The Morgan fingerprint density at radius 1 is 1.55 bits per heavy atom. The highest BCUT2D eigenvalue weighted by molar-refractivity contribution is 7.21. The smallest absolute Gasteiger partial charge is 0.152 e. The quantitative estimate of drug-likeness (QED) is 0.542. The second-order valence-corrected chi connectivity index (χ2v) is 3.82. The molecular weight excluding hydrogens is 157 g/mol. The molecule has 0 saturated heterocycles. The number of hydrogen-bond acceptors (Lipinski definition) is 3. The molecule has 2 rings (SSSR count). The monoisotopic (exact) mass is 165 g/mol. The summed E-state index contributed by atoms with van der Waals surface area (Å²) in [4.78, 5) is 6.17. The maximum Gasteiger partial charge on any atom is 0.152 e. The lowest BCUT2D eigenvalue weighted by atomic mass is 10.1.